The summed E-state index contributed by atoms with van der Waals surface area (Å²) in [5, 5.41) is 24.7. The van der Waals surface area contributed by atoms with Crippen LogP contribution in [0, 0.1) is 23.7 Å². The van der Waals surface area contributed by atoms with Crippen LogP contribution < -0.4 is 5.32 Å². The van der Waals surface area contributed by atoms with Crippen LogP contribution in [0.15, 0.2) is 130 Å². The van der Waals surface area contributed by atoms with Gasteiger partial charge in [-0.25, -0.2) is 19.8 Å². The Hall–Kier alpha value is -5.75. The number of ether oxygens (including phenoxy) is 1. The normalized spacial score (nSPS) is 22.0. The number of aromatic carboxylic acids is 1. The predicted octanol–water partition coefficient (Wildman–Crippen LogP) is 8.14. The van der Waals surface area contributed by atoms with E-state index < -0.39 is 5.97 Å². The first-order chi connectivity index (χ1) is 24.9. The zero-order valence-corrected chi connectivity index (χ0v) is 30.6. The van der Waals surface area contributed by atoms with Crippen molar-refractivity contribution in [1.29, 1.82) is 0 Å². The van der Waals surface area contributed by atoms with Crippen LogP contribution in [0.2, 0.25) is 0 Å². The van der Waals surface area contributed by atoms with Crippen LogP contribution in [0.4, 0.5) is 0 Å². The number of rotatable bonds is 6. The molecule has 1 aromatic carbocycles. The van der Waals surface area contributed by atoms with E-state index in [0.717, 1.165) is 103 Å². The van der Waals surface area contributed by atoms with Crippen LogP contribution in [0.5, 0.6) is 0 Å². The van der Waals surface area contributed by atoms with Gasteiger partial charge in [0.25, 0.3) is 0 Å². The van der Waals surface area contributed by atoms with Gasteiger partial charge in [0.1, 0.15) is 5.76 Å². The third kappa shape index (κ3) is 5.72. The topological polar surface area (TPSA) is 133 Å². The first-order valence-corrected chi connectivity index (χ1v) is 17.9. The SMILES string of the molecule is CCC1=C(C)C2=NC1=CC1=C(C)C3=C(O)CC(=C4NC(=C(C#Cc5ccc(C(=O)O)cc5)C5=NC(=C2)C(CC)=C5C)[C@@H](C)[C@@H]4CCC(=O)OC)C3=N1. The zero-order valence-electron chi connectivity index (χ0n) is 30.6. The van der Waals surface area contributed by atoms with Gasteiger partial charge in [-0.3, -0.25) is 4.79 Å². The number of esters is 1. The molecule has 264 valence electrons. The number of nitrogens with zero attached hydrogens (tertiary/aromatic N) is 3. The molecule has 1 aromatic rings. The number of carboxylic acids is 1. The highest BCUT2D eigenvalue weighted by Crippen LogP contribution is 2.47. The predicted molar refractivity (Wildman–Crippen MR) is 203 cm³/mol. The zero-order chi connectivity index (χ0) is 37.0. The van der Waals surface area contributed by atoms with Crippen LogP contribution in [-0.4, -0.2) is 46.4 Å². The molecule has 8 bridgehead atoms. The fraction of sp³-hybridized carbons (Fsp3) is 0.326. The third-order valence-electron chi connectivity index (χ3n) is 11.0. The maximum Gasteiger partial charge on any atom is 0.335 e. The number of aliphatic hydroxyl groups is 1. The summed E-state index contributed by atoms with van der Waals surface area (Å²) in [7, 11) is 1.40. The molecule has 9 heteroatoms. The lowest BCUT2D eigenvalue weighted by molar-refractivity contribution is -0.140. The van der Waals surface area contributed by atoms with E-state index in [9.17, 15) is 19.8 Å². The Labute approximate surface area is 304 Å². The number of carbonyl (C=O) groups excluding carboxylic acids is 1. The maximum atomic E-state index is 12.5. The van der Waals surface area contributed by atoms with Crippen molar-refractivity contribution >= 4 is 29.1 Å². The van der Waals surface area contributed by atoms with Crippen LogP contribution in [0.25, 0.3) is 0 Å². The summed E-state index contributed by atoms with van der Waals surface area (Å²) in [6.07, 6.45) is 6.72. The summed E-state index contributed by atoms with van der Waals surface area (Å²) < 4.78 is 5.05. The standard InChI is InChI=1S/C43H42N4O5/c1-8-27-21(3)32-19-35-28(9-2)22(4)39(46-35)30(15-12-25-10-13-26(14-11-25)43(50)51)40-23(5)29(16-17-37(49)52-7)41(47-40)31-18-36(48)38-24(6)33(45-42(31)38)20-34(27)44-32/h10-11,13-14,19-20,23,29,47-48H,8-9,16-18H2,1-7H3,(H,50,51)/t23-,29-/m0/s1. The Morgan fingerprint density at radius 3 is 2.27 bits per heavy atom. The van der Waals surface area contributed by atoms with Gasteiger partial charge in [0.2, 0.25) is 0 Å². The van der Waals surface area contributed by atoms with Gasteiger partial charge in [0, 0.05) is 52.8 Å². The molecule has 0 spiro atoms. The number of hydrogen-bond donors (Lipinski definition) is 3. The molecule has 0 aromatic heterocycles. The van der Waals surface area contributed by atoms with Crippen LogP contribution >= 0.6 is 0 Å². The number of benzene rings is 1. The molecule has 7 rings (SSSR count). The molecule has 1 saturated heterocycles. The quantitative estimate of drug-likeness (QED) is 0.203. The second-order valence-electron chi connectivity index (χ2n) is 13.8. The van der Waals surface area contributed by atoms with E-state index in [2.05, 4.69) is 57.9 Å². The average molecular weight is 695 g/mol. The minimum Gasteiger partial charge on any atom is -0.511 e. The Bertz CT molecular complexity index is 2280. The summed E-state index contributed by atoms with van der Waals surface area (Å²) >= 11 is 0. The smallest absolute Gasteiger partial charge is 0.335 e. The molecule has 5 heterocycles. The molecule has 0 amide bonds. The lowest BCUT2D eigenvalue weighted by Crippen LogP contribution is -2.16. The Kier molecular flexibility index (Phi) is 8.95. The highest BCUT2D eigenvalue weighted by atomic mass is 16.5. The first kappa shape index (κ1) is 34.7. The van der Waals surface area contributed by atoms with Crippen molar-refractivity contribution in [3.05, 3.63) is 126 Å². The first-order valence-electron chi connectivity index (χ1n) is 17.9. The average Bonchev–Trinajstić information content (AvgIpc) is 3.89. The van der Waals surface area contributed by atoms with Crippen molar-refractivity contribution in [3.63, 3.8) is 0 Å². The number of allylic oxidation sites excluding steroid dienone is 12. The number of aliphatic imine (C=N–C) groups is 3. The monoisotopic (exact) mass is 694 g/mol. The van der Waals surface area contributed by atoms with Gasteiger partial charge in [0.15, 0.2) is 0 Å². The Morgan fingerprint density at radius 1 is 0.904 bits per heavy atom. The largest absolute Gasteiger partial charge is 0.511 e. The lowest BCUT2D eigenvalue weighted by Gasteiger charge is -2.17. The van der Waals surface area contributed by atoms with Gasteiger partial charge < -0.3 is 20.3 Å². The number of nitrogens with one attached hydrogen (secondary N) is 1. The third-order valence-corrected chi connectivity index (χ3v) is 11.0. The second-order valence-corrected chi connectivity index (χ2v) is 13.8. The molecule has 0 unspecified atom stereocenters. The van der Waals surface area contributed by atoms with E-state index in [4.69, 9.17) is 19.7 Å². The van der Waals surface area contributed by atoms with Crippen LogP contribution in [-0.2, 0) is 9.53 Å². The maximum absolute atomic E-state index is 12.5. The summed E-state index contributed by atoms with van der Waals surface area (Å²) in [5.41, 5.74) is 15.1. The van der Waals surface area contributed by atoms with Crippen molar-refractivity contribution in [2.75, 3.05) is 7.11 Å². The highest BCUT2D eigenvalue weighted by Gasteiger charge is 2.42. The van der Waals surface area contributed by atoms with E-state index in [1.165, 1.54) is 7.11 Å². The van der Waals surface area contributed by atoms with Gasteiger partial charge in [-0.2, -0.15) is 0 Å². The molecule has 6 aliphatic rings. The Balaban J connectivity index is 1.51. The van der Waals surface area contributed by atoms with Gasteiger partial charge in [-0.05, 0) is 104 Å². The molecule has 52 heavy (non-hydrogen) atoms. The number of fused-ring (bicyclic) bond motifs is 5. The van der Waals surface area contributed by atoms with Crippen molar-refractivity contribution in [2.45, 2.75) is 73.6 Å². The number of hydrogen-bond acceptors (Lipinski definition) is 8. The van der Waals surface area contributed by atoms with Crippen LogP contribution in [0.1, 0.15) is 89.6 Å². The highest BCUT2D eigenvalue weighted by molar-refractivity contribution is 6.22. The van der Waals surface area contributed by atoms with Crippen LogP contribution in [0.3, 0.4) is 0 Å². The fourth-order valence-electron chi connectivity index (χ4n) is 8.10. The molecule has 2 atom stereocenters. The van der Waals surface area contributed by atoms with E-state index >= 15 is 0 Å². The van der Waals surface area contributed by atoms with E-state index in [-0.39, 0.29) is 35.5 Å². The molecule has 0 saturated carbocycles. The van der Waals surface area contributed by atoms with Crippen molar-refractivity contribution in [1.82, 2.24) is 5.32 Å². The van der Waals surface area contributed by atoms with E-state index in [1.807, 2.05) is 13.0 Å². The molecular weight excluding hydrogens is 652 g/mol. The van der Waals surface area contributed by atoms with E-state index in [1.54, 1.807) is 24.3 Å². The lowest BCUT2D eigenvalue weighted by atomic mass is 9.84. The van der Waals surface area contributed by atoms with Gasteiger partial charge in [-0.1, -0.05) is 32.6 Å². The molecule has 0 radical (unpaired) electrons. The molecular formula is C43H42N4O5. The molecule has 5 aliphatic heterocycles. The number of methoxy groups -OCH3 is 1. The summed E-state index contributed by atoms with van der Waals surface area (Å²) in [6, 6.07) is 6.52. The molecule has 3 N–H and O–H groups in total. The molecule has 1 fully saturated rings. The molecule has 1 aliphatic carbocycles. The van der Waals surface area contributed by atoms with Crippen molar-refractivity contribution in [3.8, 4) is 11.8 Å². The van der Waals surface area contributed by atoms with Crippen molar-refractivity contribution < 1.29 is 24.5 Å². The van der Waals surface area contributed by atoms with E-state index in [0.29, 0.717) is 18.4 Å². The fourth-order valence-corrected chi connectivity index (χ4v) is 8.10. The summed E-state index contributed by atoms with van der Waals surface area (Å²) in [4.78, 5) is 39.6. The molecule has 9 nitrogen and oxygen atoms in total. The Morgan fingerprint density at radius 2 is 1.60 bits per heavy atom. The summed E-state index contributed by atoms with van der Waals surface area (Å²) in [6.45, 7) is 12.6. The minimum atomic E-state index is -0.998. The van der Waals surface area contributed by atoms with Gasteiger partial charge >= 0.3 is 11.9 Å². The number of carboxylic acid groups (broad SMARTS) is 1. The number of aliphatic hydroxyl groups excluding tert-OH is 1. The summed E-state index contributed by atoms with van der Waals surface area (Å²) in [5.74, 6) is 5.50. The minimum absolute atomic E-state index is 0.114. The number of carbonyl (C=O) groups is 2. The van der Waals surface area contributed by atoms with Crippen molar-refractivity contribution in [2.24, 2.45) is 26.8 Å². The second kappa shape index (κ2) is 13.4. The van der Waals surface area contributed by atoms with Gasteiger partial charge in [0.05, 0.1) is 52.5 Å². The van der Waals surface area contributed by atoms with Gasteiger partial charge in [-0.15, -0.1) is 0 Å².